The van der Waals surface area contributed by atoms with Crippen molar-refractivity contribution in [2.24, 2.45) is 0 Å². The third-order valence-electron chi connectivity index (χ3n) is 3.80. The van der Waals surface area contributed by atoms with Crippen molar-refractivity contribution in [1.82, 2.24) is 5.32 Å². The molecule has 5 heteroatoms. The highest BCUT2D eigenvalue weighted by molar-refractivity contribution is 7.12. The summed E-state index contributed by atoms with van der Waals surface area (Å²) in [4.78, 5) is 24.8. The van der Waals surface area contributed by atoms with Crippen LogP contribution in [0.25, 0.3) is 0 Å². The molecule has 0 saturated heterocycles. The summed E-state index contributed by atoms with van der Waals surface area (Å²) in [6.45, 7) is 5.41. The van der Waals surface area contributed by atoms with E-state index in [2.05, 4.69) is 17.4 Å². The fourth-order valence-electron chi connectivity index (χ4n) is 2.31. The summed E-state index contributed by atoms with van der Waals surface area (Å²) < 4.78 is 5.26. The van der Waals surface area contributed by atoms with Crippen molar-refractivity contribution in [2.75, 3.05) is 0 Å². The molecular weight excluding hydrogens is 322 g/mol. The normalized spacial score (nSPS) is 13.1. The number of ether oxygens (including phenoxy) is 1. The van der Waals surface area contributed by atoms with Crippen LogP contribution in [0.5, 0.6) is 0 Å². The van der Waals surface area contributed by atoms with Crippen molar-refractivity contribution in [3.8, 4) is 0 Å². The lowest BCUT2D eigenvalue weighted by Crippen LogP contribution is -2.41. The average Bonchev–Trinajstić information content (AvgIpc) is 3.00. The molecule has 0 bridgehead atoms. The largest absolute Gasteiger partial charge is 0.448 e. The summed E-state index contributed by atoms with van der Waals surface area (Å²) in [7, 11) is 0. The molecule has 1 aromatic carbocycles. The SMILES string of the molecule is Cc1ccsc1C(=O)O[C@H](C)C(=O)N[C@H](C)CCc1ccccc1. The number of carbonyl (C=O) groups is 2. The summed E-state index contributed by atoms with van der Waals surface area (Å²) >= 11 is 1.32. The Kier molecular flexibility index (Phi) is 6.55. The van der Waals surface area contributed by atoms with Gasteiger partial charge in [-0.05, 0) is 56.2 Å². The number of aryl methyl sites for hydroxylation is 2. The van der Waals surface area contributed by atoms with Gasteiger partial charge < -0.3 is 10.1 Å². The van der Waals surface area contributed by atoms with Crippen molar-refractivity contribution in [3.05, 3.63) is 57.8 Å². The third-order valence-corrected chi connectivity index (χ3v) is 4.79. The lowest BCUT2D eigenvalue weighted by molar-refractivity contribution is -0.129. The zero-order valence-electron chi connectivity index (χ0n) is 14.2. The number of carbonyl (C=O) groups excluding carboxylic acids is 2. The second-order valence-corrected chi connectivity index (χ2v) is 6.83. The molecule has 0 fully saturated rings. The lowest BCUT2D eigenvalue weighted by atomic mass is 10.1. The van der Waals surface area contributed by atoms with E-state index in [1.807, 2.05) is 43.5 Å². The van der Waals surface area contributed by atoms with Crippen LogP contribution in [0.4, 0.5) is 0 Å². The van der Waals surface area contributed by atoms with E-state index in [9.17, 15) is 9.59 Å². The molecule has 0 aliphatic heterocycles. The van der Waals surface area contributed by atoms with E-state index < -0.39 is 12.1 Å². The maximum Gasteiger partial charge on any atom is 0.349 e. The Balaban J connectivity index is 1.78. The van der Waals surface area contributed by atoms with Crippen molar-refractivity contribution >= 4 is 23.2 Å². The zero-order chi connectivity index (χ0) is 17.5. The molecule has 0 saturated carbocycles. The quantitative estimate of drug-likeness (QED) is 0.778. The van der Waals surface area contributed by atoms with Crippen LogP contribution in [0.15, 0.2) is 41.8 Å². The first-order valence-corrected chi connectivity index (χ1v) is 8.94. The van der Waals surface area contributed by atoms with Crippen LogP contribution in [0, 0.1) is 6.92 Å². The van der Waals surface area contributed by atoms with Crippen LogP contribution in [-0.2, 0) is 16.0 Å². The van der Waals surface area contributed by atoms with Crippen LogP contribution >= 0.6 is 11.3 Å². The van der Waals surface area contributed by atoms with Crippen LogP contribution in [0.1, 0.15) is 41.1 Å². The summed E-state index contributed by atoms with van der Waals surface area (Å²) in [5.74, 6) is -0.708. The van der Waals surface area contributed by atoms with Crippen molar-refractivity contribution in [2.45, 2.75) is 45.8 Å². The molecule has 0 aliphatic carbocycles. The van der Waals surface area contributed by atoms with E-state index in [0.717, 1.165) is 18.4 Å². The molecule has 2 rings (SSSR count). The number of rotatable bonds is 7. The van der Waals surface area contributed by atoms with Gasteiger partial charge >= 0.3 is 5.97 Å². The molecule has 2 atom stereocenters. The second kappa shape index (κ2) is 8.64. The second-order valence-electron chi connectivity index (χ2n) is 5.91. The van der Waals surface area contributed by atoms with Crippen molar-refractivity contribution in [3.63, 3.8) is 0 Å². The van der Waals surface area contributed by atoms with Gasteiger partial charge in [0.05, 0.1) is 0 Å². The van der Waals surface area contributed by atoms with Gasteiger partial charge in [-0.15, -0.1) is 11.3 Å². The number of benzene rings is 1. The molecule has 1 heterocycles. The topological polar surface area (TPSA) is 55.4 Å². The first kappa shape index (κ1) is 18.2. The van der Waals surface area contributed by atoms with Crippen LogP contribution in [0.3, 0.4) is 0 Å². The van der Waals surface area contributed by atoms with E-state index in [-0.39, 0.29) is 11.9 Å². The van der Waals surface area contributed by atoms with E-state index in [0.29, 0.717) is 4.88 Å². The number of amides is 1. The number of thiophene rings is 1. The Morgan fingerprint density at radius 1 is 1.17 bits per heavy atom. The molecular formula is C19H23NO3S. The highest BCUT2D eigenvalue weighted by Gasteiger charge is 2.21. The van der Waals surface area contributed by atoms with E-state index in [4.69, 9.17) is 4.74 Å². The van der Waals surface area contributed by atoms with Crippen LogP contribution in [-0.4, -0.2) is 24.0 Å². The first-order chi connectivity index (χ1) is 11.5. The van der Waals surface area contributed by atoms with Gasteiger partial charge in [0.2, 0.25) is 0 Å². The minimum atomic E-state index is -0.807. The van der Waals surface area contributed by atoms with E-state index in [1.165, 1.54) is 16.9 Å². The van der Waals surface area contributed by atoms with Crippen LogP contribution in [0.2, 0.25) is 0 Å². The minimum Gasteiger partial charge on any atom is -0.448 e. The van der Waals surface area contributed by atoms with Gasteiger partial charge in [0.1, 0.15) is 4.88 Å². The average molecular weight is 345 g/mol. The molecule has 0 spiro atoms. The molecule has 0 radical (unpaired) electrons. The van der Waals surface area contributed by atoms with Crippen molar-refractivity contribution in [1.29, 1.82) is 0 Å². The Morgan fingerprint density at radius 3 is 2.50 bits per heavy atom. The van der Waals surface area contributed by atoms with Gasteiger partial charge in [0, 0.05) is 6.04 Å². The molecule has 4 nitrogen and oxygen atoms in total. The Hall–Kier alpha value is -2.14. The molecule has 128 valence electrons. The van der Waals surface area contributed by atoms with Crippen LogP contribution < -0.4 is 5.32 Å². The van der Waals surface area contributed by atoms with E-state index >= 15 is 0 Å². The minimum absolute atomic E-state index is 0.0160. The molecule has 0 aliphatic rings. The van der Waals surface area contributed by atoms with Gasteiger partial charge in [0.15, 0.2) is 6.10 Å². The molecule has 1 aromatic heterocycles. The van der Waals surface area contributed by atoms with Gasteiger partial charge in [-0.3, -0.25) is 4.79 Å². The van der Waals surface area contributed by atoms with Gasteiger partial charge in [-0.1, -0.05) is 30.3 Å². The standard InChI is InChI=1S/C19H23NO3S/c1-13-11-12-24-17(13)19(22)23-15(3)18(21)20-14(2)9-10-16-7-5-4-6-8-16/h4-8,11-12,14-15H,9-10H2,1-3H3,(H,20,21)/t14-,15-/m1/s1. The highest BCUT2D eigenvalue weighted by atomic mass is 32.1. The lowest BCUT2D eigenvalue weighted by Gasteiger charge is -2.18. The van der Waals surface area contributed by atoms with Gasteiger partial charge in [-0.25, -0.2) is 4.79 Å². The molecule has 2 aromatic rings. The Bertz CT molecular complexity index is 681. The summed E-state index contributed by atoms with van der Waals surface area (Å²) in [5, 5.41) is 4.74. The molecule has 0 unspecified atom stereocenters. The smallest absolute Gasteiger partial charge is 0.349 e. The van der Waals surface area contributed by atoms with Gasteiger partial charge in [-0.2, -0.15) is 0 Å². The van der Waals surface area contributed by atoms with Gasteiger partial charge in [0.25, 0.3) is 5.91 Å². The number of esters is 1. The Labute approximate surface area is 146 Å². The monoisotopic (exact) mass is 345 g/mol. The third kappa shape index (κ3) is 5.20. The number of hydrogen-bond acceptors (Lipinski definition) is 4. The Morgan fingerprint density at radius 2 is 1.88 bits per heavy atom. The fourth-order valence-corrected chi connectivity index (χ4v) is 3.12. The first-order valence-electron chi connectivity index (χ1n) is 8.06. The molecule has 1 N–H and O–H groups in total. The van der Waals surface area contributed by atoms with E-state index in [1.54, 1.807) is 6.92 Å². The highest BCUT2D eigenvalue weighted by Crippen LogP contribution is 2.17. The van der Waals surface area contributed by atoms with Crippen molar-refractivity contribution < 1.29 is 14.3 Å². The molecule has 24 heavy (non-hydrogen) atoms. The number of hydrogen-bond donors (Lipinski definition) is 1. The fraction of sp³-hybridized carbons (Fsp3) is 0.368. The maximum absolute atomic E-state index is 12.2. The summed E-state index contributed by atoms with van der Waals surface area (Å²) in [5.41, 5.74) is 2.11. The summed E-state index contributed by atoms with van der Waals surface area (Å²) in [6.07, 6.45) is 0.920. The molecule has 1 amide bonds. The predicted octanol–water partition coefficient (Wildman–Crippen LogP) is 3.74. The maximum atomic E-state index is 12.2. The summed E-state index contributed by atoms with van der Waals surface area (Å²) in [6, 6.07) is 12.0. The predicted molar refractivity (Wildman–Crippen MR) is 96.3 cm³/mol. The number of nitrogens with one attached hydrogen (secondary N) is 1. The zero-order valence-corrected chi connectivity index (χ0v) is 15.1.